The highest BCUT2D eigenvalue weighted by Crippen LogP contribution is 2.33. The fourth-order valence-electron chi connectivity index (χ4n) is 4.95. The number of aliphatic hydroxyl groups is 2. The lowest BCUT2D eigenvalue weighted by Crippen LogP contribution is -1.92. The van der Waals surface area contributed by atoms with Crippen LogP contribution in [0.5, 0.6) is 51.7 Å². The summed E-state index contributed by atoms with van der Waals surface area (Å²) in [6, 6.07) is 29.1. The summed E-state index contributed by atoms with van der Waals surface area (Å²) in [5.41, 5.74) is 3.51. The highest BCUT2D eigenvalue weighted by molar-refractivity contribution is 5.90. The monoisotopic (exact) mass is 742 g/mol. The zero-order chi connectivity index (χ0) is 40.4. The molecule has 11 heteroatoms. The minimum atomic E-state index is -0.208. The van der Waals surface area contributed by atoms with Crippen LogP contribution in [0, 0.1) is 6.92 Å². The van der Waals surface area contributed by atoms with Crippen molar-refractivity contribution in [3.63, 3.8) is 0 Å². The second-order valence-electron chi connectivity index (χ2n) is 12.4. The van der Waals surface area contributed by atoms with Crippen LogP contribution in [0.25, 0.3) is 10.8 Å². The molecule has 0 saturated heterocycles. The minimum absolute atomic E-state index is 0.00870. The maximum Gasteiger partial charge on any atom is 0.165 e. The molecule has 0 aliphatic heterocycles. The topological polar surface area (TPSA) is 223 Å². The van der Waals surface area contributed by atoms with E-state index in [0.717, 1.165) is 34.9 Å². The number of benzene rings is 6. The SMILES string of the molecule is CC(C)c1cc(O)ccc1O.CCCc1ccc(O)cc1O.Cc1cc(CO)c(O)c(CO)c1.Oc1ccc2ccccc2c1O.Oc1cccc(O)c1. The molecule has 0 amide bonds. The van der Waals surface area contributed by atoms with E-state index in [2.05, 4.69) is 0 Å². The molecule has 288 valence electrons. The normalized spacial score (nSPS) is 10.1. The number of aryl methyl sites for hydroxylation is 2. The van der Waals surface area contributed by atoms with Crippen LogP contribution in [0.1, 0.15) is 60.9 Å². The Kier molecular flexibility index (Phi) is 17.8. The number of aliphatic hydroxyl groups excluding tert-OH is 2. The highest BCUT2D eigenvalue weighted by atomic mass is 16.3. The predicted octanol–water partition coefficient (Wildman–Crippen LogP) is 8.31. The van der Waals surface area contributed by atoms with E-state index in [4.69, 9.17) is 35.7 Å². The van der Waals surface area contributed by atoms with Gasteiger partial charge in [-0.05, 0) is 72.7 Å². The fourth-order valence-corrected chi connectivity index (χ4v) is 4.95. The summed E-state index contributed by atoms with van der Waals surface area (Å²) in [5.74, 6) is 1.03. The van der Waals surface area contributed by atoms with Crippen molar-refractivity contribution in [1.29, 1.82) is 0 Å². The maximum absolute atomic E-state index is 9.41. The van der Waals surface area contributed by atoms with Crippen LogP contribution < -0.4 is 0 Å². The molecule has 0 aromatic heterocycles. The van der Waals surface area contributed by atoms with Gasteiger partial charge in [0.15, 0.2) is 11.5 Å². The van der Waals surface area contributed by atoms with Crippen LogP contribution >= 0.6 is 0 Å². The highest BCUT2D eigenvalue weighted by Gasteiger charge is 2.07. The Bertz CT molecular complexity index is 2020. The third-order valence-electron chi connectivity index (χ3n) is 7.68. The molecule has 0 aliphatic rings. The molecule has 0 saturated carbocycles. The summed E-state index contributed by atoms with van der Waals surface area (Å²) < 4.78 is 0. The van der Waals surface area contributed by atoms with Gasteiger partial charge in [0.05, 0.1) is 13.2 Å². The Morgan fingerprint density at radius 2 is 1.02 bits per heavy atom. The summed E-state index contributed by atoms with van der Waals surface area (Å²) in [4.78, 5) is 0. The minimum Gasteiger partial charge on any atom is -0.508 e. The molecular formula is C43H50O11. The van der Waals surface area contributed by atoms with Gasteiger partial charge in [-0.3, -0.25) is 0 Å². The van der Waals surface area contributed by atoms with E-state index in [9.17, 15) is 20.4 Å². The van der Waals surface area contributed by atoms with E-state index in [1.165, 1.54) is 42.5 Å². The van der Waals surface area contributed by atoms with Gasteiger partial charge in [-0.2, -0.15) is 0 Å². The number of fused-ring (bicyclic) bond motifs is 1. The maximum atomic E-state index is 9.41. The van der Waals surface area contributed by atoms with Crippen LogP contribution in [0.15, 0.2) is 109 Å². The van der Waals surface area contributed by atoms with E-state index in [1.807, 2.05) is 45.9 Å². The van der Waals surface area contributed by atoms with Crippen molar-refractivity contribution in [3.8, 4) is 51.7 Å². The van der Waals surface area contributed by atoms with Crippen molar-refractivity contribution in [2.24, 2.45) is 0 Å². The van der Waals surface area contributed by atoms with E-state index < -0.39 is 0 Å². The van der Waals surface area contributed by atoms with E-state index in [-0.39, 0.29) is 70.9 Å². The van der Waals surface area contributed by atoms with Gasteiger partial charge >= 0.3 is 0 Å². The van der Waals surface area contributed by atoms with Crippen LogP contribution in [0.2, 0.25) is 0 Å². The van der Waals surface area contributed by atoms with Gasteiger partial charge in [-0.15, -0.1) is 0 Å². The van der Waals surface area contributed by atoms with Gasteiger partial charge in [0.2, 0.25) is 0 Å². The zero-order valence-electron chi connectivity index (χ0n) is 30.7. The van der Waals surface area contributed by atoms with Gasteiger partial charge in [0.25, 0.3) is 0 Å². The molecule has 6 aromatic rings. The molecule has 0 aliphatic carbocycles. The first kappa shape index (κ1) is 43.9. The Balaban J connectivity index is 0.000000235. The molecule has 11 N–H and O–H groups in total. The Hall–Kier alpha value is -6.30. The number of hydrogen-bond donors (Lipinski definition) is 11. The standard InChI is InChI=1S/C10H8O2.C9H12O3.2C9H12O2.C6H6O2/c11-9-6-5-7-3-1-2-4-8(7)10(9)12;1-6-2-7(4-10)9(12)8(3-6)5-11;1-6(2)8-5-7(10)3-4-9(8)11;1-2-3-7-4-5-8(10)6-9(7)11;7-5-2-1-3-6(8)4-5/h1-6,11-12H;2-3,10-12H,4-5H2,1H3;3-6,10-11H,1-2H3;4-6,10-11H,2-3H2,1H3;1-4,7-8H. The Morgan fingerprint density at radius 1 is 0.481 bits per heavy atom. The molecule has 0 radical (unpaired) electrons. The number of hydrogen-bond acceptors (Lipinski definition) is 11. The Labute approximate surface area is 314 Å². The van der Waals surface area contributed by atoms with Crippen molar-refractivity contribution in [2.45, 2.75) is 59.7 Å². The molecule has 0 fully saturated rings. The molecule has 0 heterocycles. The van der Waals surface area contributed by atoms with Crippen molar-refractivity contribution in [3.05, 3.63) is 137 Å². The molecule has 6 rings (SSSR count). The predicted molar refractivity (Wildman–Crippen MR) is 209 cm³/mol. The quantitative estimate of drug-likeness (QED) is 0.0595. The summed E-state index contributed by atoms with van der Waals surface area (Å²) in [5, 5.41) is 101. The third kappa shape index (κ3) is 14.0. The molecule has 0 atom stereocenters. The van der Waals surface area contributed by atoms with Crippen molar-refractivity contribution in [1.82, 2.24) is 0 Å². The van der Waals surface area contributed by atoms with Gasteiger partial charge in [-0.1, -0.05) is 87.4 Å². The summed E-state index contributed by atoms with van der Waals surface area (Å²) in [7, 11) is 0. The second kappa shape index (κ2) is 21.9. The van der Waals surface area contributed by atoms with Crippen LogP contribution in [-0.4, -0.2) is 56.2 Å². The van der Waals surface area contributed by atoms with E-state index in [1.54, 1.807) is 48.5 Å². The van der Waals surface area contributed by atoms with Gasteiger partial charge in [-0.25, -0.2) is 0 Å². The van der Waals surface area contributed by atoms with Crippen LogP contribution in [0.4, 0.5) is 0 Å². The number of phenolic OH excluding ortho intramolecular Hbond substituents is 8. The average molecular weight is 743 g/mol. The summed E-state index contributed by atoms with van der Waals surface area (Å²) in [6.45, 7) is 7.41. The first-order valence-electron chi connectivity index (χ1n) is 17.0. The molecule has 0 spiro atoms. The largest absolute Gasteiger partial charge is 0.508 e. The number of aromatic hydroxyl groups is 9. The molecule has 0 unspecified atom stereocenters. The second-order valence-corrected chi connectivity index (χ2v) is 12.4. The molecule has 11 nitrogen and oxygen atoms in total. The molecule has 0 bridgehead atoms. The fraction of sp³-hybridized carbons (Fsp3) is 0.209. The Morgan fingerprint density at radius 3 is 1.52 bits per heavy atom. The van der Waals surface area contributed by atoms with E-state index >= 15 is 0 Å². The third-order valence-corrected chi connectivity index (χ3v) is 7.68. The molecular weight excluding hydrogens is 692 g/mol. The summed E-state index contributed by atoms with van der Waals surface area (Å²) in [6.07, 6.45) is 1.85. The van der Waals surface area contributed by atoms with Crippen molar-refractivity contribution in [2.75, 3.05) is 0 Å². The first-order valence-corrected chi connectivity index (χ1v) is 17.0. The molecule has 6 aromatic carbocycles. The molecule has 54 heavy (non-hydrogen) atoms. The van der Waals surface area contributed by atoms with Crippen LogP contribution in [0.3, 0.4) is 0 Å². The van der Waals surface area contributed by atoms with Gasteiger partial charge in [0.1, 0.15) is 40.2 Å². The van der Waals surface area contributed by atoms with Crippen molar-refractivity contribution < 1.29 is 56.2 Å². The lowest BCUT2D eigenvalue weighted by atomic mass is 10.0. The first-order chi connectivity index (χ1) is 25.6. The number of rotatable bonds is 5. The lowest BCUT2D eigenvalue weighted by Gasteiger charge is -2.07. The zero-order valence-corrected chi connectivity index (χ0v) is 30.7. The number of phenols is 9. The van der Waals surface area contributed by atoms with Gasteiger partial charge in [0, 0.05) is 34.2 Å². The van der Waals surface area contributed by atoms with Crippen molar-refractivity contribution >= 4 is 10.8 Å². The smallest absolute Gasteiger partial charge is 0.165 e. The summed E-state index contributed by atoms with van der Waals surface area (Å²) >= 11 is 0. The van der Waals surface area contributed by atoms with E-state index in [0.29, 0.717) is 16.5 Å². The average Bonchev–Trinajstić information content (AvgIpc) is 3.14. The van der Waals surface area contributed by atoms with Gasteiger partial charge < -0.3 is 56.2 Å². The van der Waals surface area contributed by atoms with Crippen LogP contribution in [-0.2, 0) is 19.6 Å². The lowest BCUT2D eigenvalue weighted by molar-refractivity contribution is 0.263.